The molecule has 1 saturated heterocycles. The molecule has 16 nitrogen and oxygen atoms in total. The van der Waals surface area contributed by atoms with E-state index in [1.807, 2.05) is 39.0 Å². The lowest BCUT2D eigenvalue weighted by Crippen LogP contribution is -2.74. The van der Waals surface area contributed by atoms with Crippen molar-refractivity contribution in [1.29, 1.82) is 5.26 Å². The minimum Gasteiger partial charge on any atom is -0.487 e. The minimum atomic E-state index is -1.28. The highest BCUT2D eigenvalue weighted by atomic mass is 35.5. The lowest BCUT2D eigenvalue weighted by molar-refractivity contribution is -0.641. The summed E-state index contributed by atoms with van der Waals surface area (Å²) in [5, 5.41) is 19.4. The molecule has 18 heteroatoms. The molecule has 2 aliphatic carbocycles. The number of amides is 5. The maximum absolute atomic E-state index is 13.8. The Morgan fingerprint density at radius 3 is 2.33 bits per heavy atom. The van der Waals surface area contributed by atoms with Gasteiger partial charge in [-0.25, -0.2) is 14.5 Å². The Morgan fingerprint density at radius 2 is 1.73 bits per heavy atom. The average molecular weight is 956 g/mol. The Labute approximate surface area is 396 Å². The SMILES string of the molecule is COC1(c2ccc(/C=C/C#N)c(OCc3ccc(NC(=O)C(CCCNC(N)=O)NC(=O)C(NC(=O)OC(C)(P)COC(C)(C)C)C(C)C)cc3)c2Cl)OOC12C(C)CC1CC(C)CC2C1. The molecule has 2 bridgehead atoms. The van der Waals surface area contributed by atoms with Crippen LogP contribution in [0.2, 0.25) is 5.02 Å². The van der Waals surface area contributed by atoms with Crippen molar-refractivity contribution in [3.63, 3.8) is 0 Å². The van der Waals surface area contributed by atoms with E-state index in [9.17, 15) is 24.4 Å². The molecule has 1 spiro atoms. The fourth-order valence-corrected chi connectivity index (χ4v) is 10.1. The quantitative estimate of drug-likeness (QED) is 0.0392. The number of methoxy groups -OCH3 is 1. The number of rotatable bonds is 19. The van der Waals surface area contributed by atoms with Crippen molar-refractivity contribution in [2.45, 2.75) is 135 Å². The summed E-state index contributed by atoms with van der Waals surface area (Å²) in [4.78, 5) is 64.0. The van der Waals surface area contributed by atoms with Crippen LogP contribution in [-0.4, -0.2) is 72.8 Å². The van der Waals surface area contributed by atoms with E-state index in [1.54, 1.807) is 58.2 Å². The van der Waals surface area contributed by atoms with Gasteiger partial charge in [0.15, 0.2) is 5.60 Å². The second-order valence-corrected chi connectivity index (χ2v) is 21.1. The number of primary amides is 1. The second-order valence-electron chi connectivity index (χ2n) is 19.5. The second kappa shape index (κ2) is 22.1. The predicted octanol–water partition coefficient (Wildman–Crippen LogP) is 8.08. The van der Waals surface area contributed by atoms with Gasteiger partial charge in [0.1, 0.15) is 29.8 Å². The standard InChI is InChI=1S/C48H68ClN6O10P/c1-28(2)39(55-44(59)63-46(8,66)27-62-45(5,6)7)42(57)54-37(13-11-21-52-43(51)58)41(56)53-35-17-14-31(15-18-35)26-61-40-33(12-10-20-50)16-19-36(38(40)49)48(60-9)47(64-65-48)30(4)24-32-22-29(3)23-34(47)25-32/h10,12,14-19,28-30,32,34,37,39H,11,13,21-27,66H2,1-9H3,(H,53,56)(H,54,57)(H,55,59)(H3,51,52,58)/b12-10+. The molecule has 0 radical (unpaired) electrons. The van der Waals surface area contributed by atoms with E-state index in [0.717, 1.165) is 24.8 Å². The highest BCUT2D eigenvalue weighted by Crippen LogP contribution is 2.65. The van der Waals surface area contributed by atoms with Crippen LogP contribution in [0.25, 0.3) is 6.08 Å². The third kappa shape index (κ3) is 12.5. The summed E-state index contributed by atoms with van der Waals surface area (Å²) in [7, 11) is 4.06. The number of hydrogen-bond donors (Lipinski definition) is 5. The molecule has 5 rings (SSSR count). The molecule has 10 unspecified atom stereocenters. The zero-order chi connectivity index (χ0) is 48.6. The monoisotopic (exact) mass is 954 g/mol. The molecule has 362 valence electrons. The summed E-state index contributed by atoms with van der Waals surface area (Å²) in [5.74, 6) is -0.957. The summed E-state index contributed by atoms with van der Waals surface area (Å²) < 4.78 is 24.1. The number of carbonyl (C=O) groups is 4. The first kappa shape index (κ1) is 52.5. The van der Waals surface area contributed by atoms with Crippen LogP contribution < -0.4 is 31.7 Å². The summed E-state index contributed by atoms with van der Waals surface area (Å²) in [6, 6.07) is 9.82. The van der Waals surface area contributed by atoms with E-state index in [0.29, 0.717) is 40.8 Å². The van der Waals surface area contributed by atoms with Gasteiger partial charge in [0, 0.05) is 36.5 Å². The van der Waals surface area contributed by atoms with Gasteiger partial charge in [-0.3, -0.25) is 9.59 Å². The van der Waals surface area contributed by atoms with Gasteiger partial charge in [0.05, 0.1) is 23.3 Å². The fourth-order valence-electron chi connectivity index (χ4n) is 9.52. The normalized spacial score (nSPS) is 25.4. The summed E-state index contributed by atoms with van der Waals surface area (Å²) in [5.41, 5.74) is 6.36. The van der Waals surface area contributed by atoms with E-state index in [1.165, 1.54) is 12.5 Å². The molecular weight excluding hydrogens is 887 g/mol. The van der Waals surface area contributed by atoms with Gasteiger partial charge in [-0.1, -0.05) is 72.8 Å². The van der Waals surface area contributed by atoms with Crippen LogP contribution in [-0.2, 0) is 46.0 Å². The number of carbonyl (C=O) groups excluding carboxylic acids is 4. The van der Waals surface area contributed by atoms with Crippen molar-refractivity contribution in [1.82, 2.24) is 16.0 Å². The number of benzene rings is 2. The fraction of sp³-hybridized carbons (Fsp3) is 0.604. The van der Waals surface area contributed by atoms with Crippen LogP contribution in [0.3, 0.4) is 0 Å². The van der Waals surface area contributed by atoms with Crippen molar-refractivity contribution in [3.8, 4) is 11.8 Å². The van der Waals surface area contributed by atoms with E-state index >= 15 is 0 Å². The number of nitriles is 1. The highest BCUT2D eigenvalue weighted by Gasteiger charge is 2.74. The number of anilines is 1. The number of hydrogen-bond acceptors (Lipinski definition) is 11. The third-order valence-electron chi connectivity index (χ3n) is 12.5. The topological polar surface area (TPSA) is 222 Å². The molecule has 66 heavy (non-hydrogen) atoms. The van der Waals surface area contributed by atoms with Gasteiger partial charge < -0.3 is 45.9 Å². The lowest BCUT2D eigenvalue weighted by Gasteiger charge is -2.65. The van der Waals surface area contributed by atoms with Crippen LogP contribution in [0.1, 0.15) is 111 Å². The summed E-state index contributed by atoms with van der Waals surface area (Å²) >= 11 is 7.27. The Bertz CT molecular complexity index is 2120. The highest BCUT2D eigenvalue weighted by molar-refractivity contribution is 7.18. The lowest BCUT2D eigenvalue weighted by atomic mass is 9.54. The number of nitrogens with two attached hydrogens (primary N) is 1. The zero-order valence-electron chi connectivity index (χ0n) is 39.6. The van der Waals surface area contributed by atoms with Gasteiger partial charge in [-0.15, -0.1) is 0 Å². The minimum absolute atomic E-state index is 0.0720. The number of ether oxygens (including phenoxy) is 4. The molecule has 0 aromatic heterocycles. The van der Waals surface area contributed by atoms with Crippen molar-refractivity contribution in [2.75, 3.05) is 25.6 Å². The summed E-state index contributed by atoms with van der Waals surface area (Å²) in [6.07, 6.45) is 6.78. The van der Waals surface area contributed by atoms with E-state index in [-0.39, 0.29) is 49.0 Å². The Hall–Kier alpha value is -4.49. The average Bonchev–Trinajstić information content (AvgIpc) is 3.22. The summed E-state index contributed by atoms with van der Waals surface area (Å²) in [6.45, 7) is 15.6. The first-order valence-corrected chi connectivity index (χ1v) is 23.6. The van der Waals surface area contributed by atoms with E-state index in [4.69, 9.17) is 46.1 Å². The van der Waals surface area contributed by atoms with E-state index < -0.39 is 58.4 Å². The number of fused-ring (bicyclic) bond motifs is 3. The third-order valence-corrected chi connectivity index (χ3v) is 13.2. The molecule has 6 N–H and O–H groups in total. The molecule has 2 aromatic rings. The van der Waals surface area contributed by atoms with Gasteiger partial charge in [-0.05, 0) is 120 Å². The van der Waals surface area contributed by atoms with Crippen molar-refractivity contribution >= 4 is 56.5 Å². The smallest absolute Gasteiger partial charge is 0.408 e. The van der Waals surface area contributed by atoms with Gasteiger partial charge in [-0.2, -0.15) is 10.1 Å². The molecule has 3 fully saturated rings. The van der Waals surface area contributed by atoms with Gasteiger partial charge in [0.25, 0.3) is 5.79 Å². The molecule has 3 aliphatic rings. The van der Waals surface area contributed by atoms with Crippen molar-refractivity contribution < 1.29 is 47.9 Å². The maximum Gasteiger partial charge on any atom is 0.408 e. The van der Waals surface area contributed by atoms with Gasteiger partial charge in [0.2, 0.25) is 11.8 Å². The van der Waals surface area contributed by atoms with Crippen LogP contribution in [0, 0.1) is 40.9 Å². The maximum atomic E-state index is 13.8. The number of alkyl carbamates (subject to hydrolysis) is 1. The van der Waals surface area contributed by atoms with Crippen LogP contribution in [0.5, 0.6) is 5.75 Å². The van der Waals surface area contributed by atoms with Gasteiger partial charge >= 0.3 is 12.1 Å². The van der Waals surface area contributed by atoms with Crippen molar-refractivity contribution in [2.24, 2.45) is 35.3 Å². The van der Waals surface area contributed by atoms with Crippen LogP contribution in [0.4, 0.5) is 15.3 Å². The number of allylic oxidation sites excluding steroid dienone is 1. The molecular formula is C48H68ClN6O10P. The first-order valence-electron chi connectivity index (χ1n) is 22.6. The number of nitrogens with zero attached hydrogens (tertiary/aromatic N) is 1. The number of urea groups is 1. The molecule has 2 aromatic carbocycles. The van der Waals surface area contributed by atoms with Crippen molar-refractivity contribution in [3.05, 3.63) is 64.2 Å². The number of nitrogens with one attached hydrogen (secondary N) is 4. The molecule has 5 amide bonds. The van der Waals surface area contributed by atoms with Crippen LogP contribution >= 0.6 is 20.8 Å². The molecule has 2 saturated carbocycles. The van der Waals surface area contributed by atoms with Crippen LogP contribution in [0.15, 0.2) is 42.5 Å². The largest absolute Gasteiger partial charge is 0.487 e. The molecule has 1 aliphatic heterocycles. The number of halogens is 1. The Morgan fingerprint density at radius 1 is 1.02 bits per heavy atom. The predicted molar refractivity (Wildman–Crippen MR) is 254 cm³/mol. The zero-order valence-corrected chi connectivity index (χ0v) is 41.5. The Kier molecular flexibility index (Phi) is 17.6. The van der Waals surface area contributed by atoms with E-state index in [2.05, 4.69) is 44.4 Å². The molecule has 1 heterocycles. The Balaban J connectivity index is 1.29. The molecule has 10 atom stereocenters. The first-order chi connectivity index (χ1) is 31.0.